The van der Waals surface area contributed by atoms with Crippen LogP contribution in [0.5, 0.6) is 0 Å². The van der Waals surface area contributed by atoms with Gasteiger partial charge in [0.25, 0.3) is 0 Å². The maximum Gasteiger partial charge on any atom is 0.0941 e. The van der Waals surface area contributed by atoms with Gasteiger partial charge in [0, 0.05) is 9.35 Å². The van der Waals surface area contributed by atoms with E-state index in [0.717, 1.165) is 4.47 Å². The van der Waals surface area contributed by atoms with Crippen molar-refractivity contribution >= 4 is 38.9 Å². The molecule has 3 heteroatoms. The van der Waals surface area contributed by atoms with Crippen LogP contribution in [0.25, 0.3) is 0 Å². The lowest BCUT2D eigenvalue weighted by molar-refractivity contribution is 0.819. The molecule has 0 aliphatic rings. The first-order valence-corrected chi connectivity index (χ1v) is 9.03. The van der Waals surface area contributed by atoms with Crippen molar-refractivity contribution in [2.45, 2.75) is 44.9 Å². The highest BCUT2D eigenvalue weighted by Crippen LogP contribution is 2.41. The zero-order valence-corrected chi connectivity index (χ0v) is 15.4. The van der Waals surface area contributed by atoms with Crippen LogP contribution in [0.3, 0.4) is 0 Å². The Morgan fingerprint density at radius 2 is 1.70 bits per heavy atom. The lowest BCUT2D eigenvalue weighted by Crippen LogP contribution is -2.02. The zero-order valence-electron chi connectivity index (χ0n) is 12.3. The molecule has 0 fully saturated rings. The van der Waals surface area contributed by atoms with E-state index in [0.29, 0.717) is 11.8 Å². The standard InChI is InChI=1S/C17H20BrClS/c1-10(2)12-5-6-13(14(9-12)11(3)4)16(19)17-15(18)7-8-20-17/h5-11,16H,1-4H3. The number of hydrogen-bond donors (Lipinski definition) is 0. The molecule has 1 aromatic carbocycles. The third-order valence-electron chi connectivity index (χ3n) is 3.55. The zero-order chi connectivity index (χ0) is 14.9. The lowest BCUT2D eigenvalue weighted by Gasteiger charge is -2.19. The molecule has 108 valence electrons. The van der Waals surface area contributed by atoms with E-state index in [1.54, 1.807) is 11.3 Å². The van der Waals surface area contributed by atoms with Crippen molar-refractivity contribution in [3.8, 4) is 0 Å². The molecule has 1 unspecified atom stereocenters. The van der Waals surface area contributed by atoms with Gasteiger partial charge in [-0.05, 0) is 55.9 Å². The normalized spacial score (nSPS) is 13.2. The van der Waals surface area contributed by atoms with Gasteiger partial charge in [0.1, 0.15) is 0 Å². The first-order chi connectivity index (χ1) is 9.41. The summed E-state index contributed by atoms with van der Waals surface area (Å²) in [4.78, 5) is 1.19. The van der Waals surface area contributed by atoms with Crippen LogP contribution < -0.4 is 0 Å². The number of thiophene rings is 1. The van der Waals surface area contributed by atoms with Crippen molar-refractivity contribution in [2.75, 3.05) is 0 Å². The van der Waals surface area contributed by atoms with Crippen LogP contribution in [0, 0.1) is 0 Å². The van der Waals surface area contributed by atoms with Crippen molar-refractivity contribution in [3.05, 3.63) is 55.7 Å². The third-order valence-corrected chi connectivity index (χ3v) is 6.07. The first kappa shape index (κ1) is 16.1. The Labute approximate surface area is 139 Å². The second-order valence-electron chi connectivity index (χ2n) is 5.69. The summed E-state index contributed by atoms with van der Waals surface area (Å²) in [7, 11) is 0. The van der Waals surface area contributed by atoms with E-state index >= 15 is 0 Å². The molecule has 0 amide bonds. The predicted molar refractivity (Wildman–Crippen MR) is 94.3 cm³/mol. The maximum absolute atomic E-state index is 6.74. The van der Waals surface area contributed by atoms with Crippen LogP contribution in [0.1, 0.15) is 66.5 Å². The number of hydrogen-bond acceptors (Lipinski definition) is 1. The largest absolute Gasteiger partial charge is 0.146 e. The van der Waals surface area contributed by atoms with Gasteiger partial charge >= 0.3 is 0 Å². The van der Waals surface area contributed by atoms with Gasteiger partial charge in [0.05, 0.1) is 5.38 Å². The molecular weight excluding hydrogens is 352 g/mol. The van der Waals surface area contributed by atoms with Crippen LogP contribution in [-0.4, -0.2) is 0 Å². The average molecular weight is 372 g/mol. The molecule has 1 heterocycles. The van der Waals surface area contributed by atoms with Gasteiger partial charge in [-0.15, -0.1) is 22.9 Å². The van der Waals surface area contributed by atoms with Crippen LogP contribution in [0.15, 0.2) is 34.1 Å². The van der Waals surface area contributed by atoms with Crippen molar-refractivity contribution < 1.29 is 0 Å². The highest BCUT2D eigenvalue weighted by atomic mass is 79.9. The molecule has 0 radical (unpaired) electrons. The molecule has 0 spiro atoms. The van der Waals surface area contributed by atoms with Gasteiger partial charge in [0.2, 0.25) is 0 Å². The van der Waals surface area contributed by atoms with Crippen molar-refractivity contribution in [1.82, 2.24) is 0 Å². The fourth-order valence-electron chi connectivity index (χ4n) is 2.31. The molecule has 20 heavy (non-hydrogen) atoms. The van der Waals surface area contributed by atoms with Gasteiger partial charge < -0.3 is 0 Å². The summed E-state index contributed by atoms with van der Waals surface area (Å²) >= 11 is 12.0. The Bertz CT molecular complexity index is 586. The summed E-state index contributed by atoms with van der Waals surface area (Å²) < 4.78 is 1.10. The Morgan fingerprint density at radius 1 is 1.00 bits per heavy atom. The molecule has 0 saturated heterocycles. The van der Waals surface area contributed by atoms with Crippen molar-refractivity contribution in [1.29, 1.82) is 0 Å². The molecule has 1 aromatic heterocycles. The predicted octanol–water partition coefficient (Wildman–Crippen LogP) is 7.09. The van der Waals surface area contributed by atoms with E-state index in [1.165, 1.54) is 21.6 Å². The van der Waals surface area contributed by atoms with Crippen LogP contribution in [-0.2, 0) is 0 Å². The molecule has 0 saturated carbocycles. The van der Waals surface area contributed by atoms with E-state index in [4.69, 9.17) is 11.6 Å². The Balaban J connectivity index is 2.48. The number of benzene rings is 1. The van der Waals surface area contributed by atoms with Crippen molar-refractivity contribution in [3.63, 3.8) is 0 Å². The number of alkyl halides is 1. The number of halogens is 2. The molecular formula is C17H20BrClS. The summed E-state index contributed by atoms with van der Waals surface area (Å²) in [6, 6.07) is 8.80. The molecule has 1 atom stereocenters. The minimum atomic E-state index is -0.0806. The van der Waals surface area contributed by atoms with Crippen molar-refractivity contribution in [2.24, 2.45) is 0 Å². The van der Waals surface area contributed by atoms with Crippen LogP contribution >= 0.6 is 38.9 Å². The molecule has 0 aliphatic heterocycles. The monoisotopic (exact) mass is 370 g/mol. The molecule has 0 nitrogen and oxygen atoms in total. The number of rotatable bonds is 4. The van der Waals surface area contributed by atoms with Gasteiger partial charge in [0.15, 0.2) is 0 Å². The topological polar surface area (TPSA) is 0 Å². The van der Waals surface area contributed by atoms with Gasteiger partial charge in [-0.25, -0.2) is 0 Å². The Morgan fingerprint density at radius 3 is 2.20 bits per heavy atom. The first-order valence-electron chi connectivity index (χ1n) is 6.92. The summed E-state index contributed by atoms with van der Waals surface area (Å²) in [5.74, 6) is 1.02. The molecule has 2 rings (SSSR count). The summed E-state index contributed by atoms with van der Waals surface area (Å²) in [6.07, 6.45) is 0. The molecule has 0 aliphatic carbocycles. The van der Waals surface area contributed by atoms with E-state index in [2.05, 4.69) is 73.3 Å². The Hall–Kier alpha value is -0.310. The van der Waals surface area contributed by atoms with E-state index in [1.807, 2.05) is 0 Å². The average Bonchev–Trinajstić information content (AvgIpc) is 2.83. The van der Waals surface area contributed by atoms with E-state index in [9.17, 15) is 0 Å². The molecule has 0 bridgehead atoms. The quantitative estimate of drug-likeness (QED) is 0.503. The highest BCUT2D eigenvalue weighted by molar-refractivity contribution is 9.10. The fraction of sp³-hybridized carbons (Fsp3) is 0.412. The molecule has 2 aromatic rings. The van der Waals surface area contributed by atoms with Crippen LogP contribution in [0.4, 0.5) is 0 Å². The summed E-state index contributed by atoms with van der Waals surface area (Å²) in [5, 5.41) is 2.00. The second-order valence-corrected chi connectivity index (χ2v) is 7.93. The molecule has 0 N–H and O–H groups in total. The smallest absolute Gasteiger partial charge is 0.0941 e. The lowest BCUT2D eigenvalue weighted by atomic mass is 9.90. The van der Waals surface area contributed by atoms with E-state index in [-0.39, 0.29) is 5.38 Å². The SMILES string of the molecule is CC(C)c1ccc(C(Cl)c2sccc2Br)c(C(C)C)c1. The fourth-order valence-corrected chi connectivity index (χ4v) is 4.51. The minimum Gasteiger partial charge on any atom is -0.146 e. The van der Waals surface area contributed by atoms with E-state index < -0.39 is 0 Å². The van der Waals surface area contributed by atoms with Gasteiger partial charge in [-0.3, -0.25) is 0 Å². The summed E-state index contributed by atoms with van der Waals surface area (Å²) in [5.41, 5.74) is 3.97. The Kier molecular flexibility index (Phi) is 5.33. The van der Waals surface area contributed by atoms with Gasteiger partial charge in [-0.1, -0.05) is 45.9 Å². The van der Waals surface area contributed by atoms with Gasteiger partial charge in [-0.2, -0.15) is 0 Å². The second kappa shape index (κ2) is 6.64. The van der Waals surface area contributed by atoms with Crippen LogP contribution in [0.2, 0.25) is 0 Å². The highest BCUT2D eigenvalue weighted by Gasteiger charge is 2.20. The summed E-state index contributed by atoms with van der Waals surface area (Å²) in [6.45, 7) is 8.92. The maximum atomic E-state index is 6.74. The minimum absolute atomic E-state index is 0.0806. The third kappa shape index (κ3) is 3.29.